The number of aliphatic imine (C=N–C) groups is 1. The van der Waals surface area contributed by atoms with Crippen LogP contribution >= 0.6 is 27.7 Å². The Morgan fingerprint density at radius 3 is 2.25 bits per heavy atom. The third-order valence-corrected chi connectivity index (χ3v) is 6.91. The lowest BCUT2D eigenvalue weighted by molar-refractivity contribution is -0.122. The fourth-order valence-electron chi connectivity index (χ4n) is 3.42. The zero-order valence-electron chi connectivity index (χ0n) is 19.6. The van der Waals surface area contributed by atoms with Crippen molar-refractivity contribution in [3.63, 3.8) is 0 Å². The summed E-state index contributed by atoms with van der Waals surface area (Å²) in [5.41, 5.74) is 2.12. The molecule has 0 bridgehead atoms. The molecule has 0 aromatic heterocycles. The van der Waals surface area contributed by atoms with Crippen molar-refractivity contribution < 1.29 is 23.0 Å². The molecule has 1 aliphatic heterocycles. The lowest BCUT2D eigenvalue weighted by Crippen LogP contribution is -2.28. The van der Waals surface area contributed by atoms with Crippen LogP contribution in [0.25, 0.3) is 6.08 Å². The van der Waals surface area contributed by atoms with Gasteiger partial charge in [0.2, 0.25) is 0 Å². The first-order valence-corrected chi connectivity index (χ1v) is 12.9. The Kier molecular flexibility index (Phi) is 8.43. The van der Waals surface area contributed by atoms with Crippen molar-refractivity contribution in [1.29, 1.82) is 0 Å². The highest BCUT2D eigenvalue weighted by Gasteiger charge is 2.32. The first-order chi connectivity index (χ1) is 17.4. The second kappa shape index (κ2) is 11.7. The minimum absolute atomic E-state index is 0.162. The van der Waals surface area contributed by atoms with Crippen LogP contribution in [0, 0.1) is 11.6 Å². The van der Waals surface area contributed by atoms with Crippen LogP contribution in [0.4, 0.5) is 14.5 Å². The molecule has 1 fully saturated rings. The summed E-state index contributed by atoms with van der Waals surface area (Å²) in [6, 6.07) is 15.5. The minimum Gasteiger partial charge on any atom is -0.490 e. The molecule has 186 valence electrons. The molecule has 0 radical (unpaired) electrons. The van der Waals surface area contributed by atoms with Gasteiger partial charge in [-0.05, 0) is 91.3 Å². The number of rotatable bonds is 8. The first-order valence-electron chi connectivity index (χ1n) is 11.3. The van der Waals surface area contributed by atoms with E-state index in [4.69, 9.17) is 9.47 Å². The van der Waals surface area contributed by atoms with Crippen molar-refractivity contribution in [1.82, 2.24) is 4.90 Å². The molecular weight excluding hydrogens is 550 g/mol. The lowest BCUT2D eigenvalue weighted by Gasteiger charge is -2.14. The SMILES string of the molecule is CCOc1cc(/C=C2/SC(=Nc3ccc(F)cc3)N(CC)C2=O)c(Br)cc1OCc1ccc(F)cc1. The van der Waals surface area contributed by atoms with Gasteiger partial charge < -0.3 is 9.47 Å². The van der Waals surface area contributed by atoms with Crippen molar-refractivity contribution in [2.24, 2.45) is 4.99 Å². The number of likely N-dealkylation sites (N-methyl/N-ethyl adjacent to an activating group) is 1. The molecule has 0 spiro atoms. The molecule has 1 amide bonds. The maximum Gasteiger partial charge on any atom is 0.266 e. The van der Waals surface area contributed by atoms with E-state index in [1.54, 1.807) is 47.4 Å². The highest BCUT2D eigenvalue weighted by molar-refractivity contribution is 9.10. The van der Waals surface area contributed by atoms with Crippen molar-refractivity contribution >= 4 is 50.5 Å². The topological polar surface area (TPSA) is 51.1 Å². The number of thioether (sulfide) groups is 1. The number of carbonyl (C=O) groups excluding carboxylic acids is 1. The normalized spacial score (nSPS) is 15.7. The van der Waals surface area contributed by atoms with E-state index in [9.17, 15) is 13.6 Å². The summed E-state index contributed by atoms with van der Waals surface area (Å²) < 4.78 is 38.9. The molecule has 36 heavy (non-hydrogen) atoms. The Morgan fingerprint density at radius 2 is 1.61 bits per heavy atom. The second-order valence-electron chi connectivity index (χ2n) is 7.70. The molecule has 9 heteroatoms. The largest absolute Gasteiger partial charge is 0.490 e. The fraction of sp³-hybridized carbons (Fsp3) is 0.185. The molecule has 0 saturated carbocycles. The third-order valence-electron chi connectivity index (χ3n) is 5.21. The average molecular weight is 573 g/mol. The quantitative estimate of drug-likeness (QED) is 0.265. The molecule has 3 aromatic carbocycles. The van der Waals surface area contributed by atoms with Gasteiger partial charge in [-0.25, -0.2) is 13.8 Å². The second-order valence-corrected chi connectivity index (χ2v) is 9.56. The monoisotopic (exact) mass is 572 g/mol. The maximum absolute atomic E-state index is 13.2. The van der Waals surface area contributed by atoms with E-state index in [-0.39, 0.29) is 24.1 Å². The molecule has 4 rings (SSSR count). The van der Waals surface area contributed by atoms with Crippen molar-refractivity contribution in [2.45, 2.75) is 20.5 Å². The number of benzene rings is 3. The molecule has 0 atom stereocenters. The van der Waals surface area contributed by atoms with Gasteiger partial charge in [0.25, 0.3) is 5.91 Å². The van der Waals surface area contributed by atoms with Gasteiger partial charge in [0.1, 0.15) is 18.2 Å². The molecule has 0 aliphatic carbocycles. The van der Waals surface area contributed by atoms with E-state index >= 15 is 0 Å². The minimum atomic E-state index is -0.345. The van der Waals surface area contributed by atoms with Crippen LogP contribution < -0.4 is 9.47 Å². The molecule has 0 unspecified atom stereocenters. The van der Waals surface area contributed by atoms with Crippen LogP contribution in [0.5, 0.6) is 11.5 Å². The molecule has 0 N–H and O–H groups in total. The fourth-order valence-corrected chi connectivity index (χ4v) is 4.91. The number of carbonyl (C=O) groups is 1. The summed E-state index contributed by atoms with van der Waals surface area (Å²) in [4.78, 5) is 19.7. The Bertz CT molecular complexity index is 1310. The van der Waals surface area contributed by atoms with Crippen LogP contribution in [0.15, 0.2) is 75.0 Å². The zero-order valence-corrected chi connectivity index (χ0v) is 22.0. The van der Waals surface area contributed by atoms with E-state index < -0.39 is 0 Å². The van der Waals surface area contributed by atoms with Crippen LogP contribution in [0.3, 0.4) is 0 Å². The molecule has 1 heterocycles. The van der Waals surface area contributed by atoms with Crippen LogP contribution in [-0.2, 0) is 11.4 Å². The highest BCUT2D eigenvalue weighted by Crippen LogP contribution is 2.39. The Labute approximate surface area is 221 Å². The van der Waals surface area contributed by atoms with Gasteiger partial charge >= 0.3 is 0 Å². The van der Waals surface area contributed by atoms with E-state index in [1.165, 1.54) is 36.0 Å². The average Bonchev–Trinajstić information content (AvgIpc) is 3.16. The summed E-state index contributed by atoms with van der Waals surface area (Å²) >= 11 is 4.83. The predicted molar refractivity (Wildman–Crippen MR) is 142 cm³/mol. The van der Waals surface area contributed by atoms with Crippen LogP contribution in [0.2, 0.25) is 0 Å². The van der Waals surface area contributed by atoms with Crippen LogP contribution in [0.1, 0.15) is 25.0 Å². The van der Waals surface area contributed by atoms with Gasteiger partial charge in [-0.1, -0.05) is 28.1 Å². The Hall–Kier alpha value is -3.17. The standard InChI is InChI=1S/C27H23BrF2N2O3S/c1-3-32-26(33)25(36-27(32)31-21-11-9-20(30)10-12-21)14-18-13-23(34-4-2)24(15-22(18)28)35-16-17-5-7-19(29)8-6-17/h5-15H,3-4,16H2,1-2H3/b25-14+,31-27?. The van der Waals surface area contributed by atoms with Crippen molar-refractivity contribution in [3.05, 3.63) is 92.8 Å². The molecule has 5 nitrogen and oxygen atoms in total. The number of nitrogens with zero attached hydrogens (tertiary/aromatic N) is 2. The van der Waals surface area contributed by atoms with Gasteiger partial charge in [-0.15, -0.1) is 0 Å². The van der Waals surface area contributed by atoms with Gasteiger partial charge in [0, 0.05) is 11.0 Å². The Morgan fingerprint density at radius 1 is 0.972 bits per heavy atom. The smallest absolute Gasteiger partial charge is 0.266 e. The van der Waals surface area contributed by atoms with E-state index in [0.29, 0.717) is 44.9 Å². The van der Waals surface area contributed by atoms with Crippen molar-refractivity contribution in [2.75, 3.05) is 13.2 Å². The van der Waals surface area contributed by atoms with Crippen LogP contribution in [-0.4, -0.2) is 29.1 Å². The molecule has 1 saturated heterocycles. The number of hydrogen-bond donors (Lipinski definition) is 0. The molecule has 1 aliphatic rings. The number of halogens is 3. The van der Waals surface area contributed by atoms with Crippen molar-refractivity contribution in [3.8, 4) is 11.5 Å². The third kappa shape index (κ3) is 6.14. The van der Waals surface area contributed by atoms with E-state index in [2.05, 4.69) is 20.9 Å². The first kappa shape index (κ1) is 25.9. The number of hydrogen-bond acceptors (Lipinski definition) is 5. The summed E-state index contributed by atoms with van der Waals surface area (Å²) in [7, 11) is 0. The maximum atomic E-state index is 13.2. The lowest BCUT2D eigenvalue weighted by atomic mass is 10.1. The molecular formula is C27H23BrF2N2O3S. The highest BCUT2D eigenvalue weighted by atomic mass is 79.9. The molecule has 3 aromatic rings. The predicted octanol–water partition coefficient (Wildman–Crippen LogP) is 7.33. The number of amides is 1. The summed E-state index contributed by atoms with van der Waals surface area (Å²) in [6.07, 6.45) is 1.78. The zero-order chi connectivity index (χ0) is 25.7. The summed E-state index contributed by atoms with van der Waals surface area (Å²) in [5, 5.41) is 0.528. The summed E-state index contributed by atoms with van der Waals surface area (Å²) in [5.74, 6) is 0.236. The Balaban J connectivity index is 1.60. The van der Waals surface area contributed by atoms with Gasteiger partial charge in [-0.2, -0.15) is 0 Å². The van der Waals surface area contributed by atoms with Gasteiger partial charge in [0.15, 0.2) is 16.7 Å². The van der Waals surface area contributed by atoms with Gasteiger partial charge in [0.05, 0.1) is 17.2 Å². The number of ether oxygens (including phenoxy) is 2. The van der Waals surface area contributed by atoms with E-state index in [1.807, 2.05) is 13.8 Å². The van der Waals surface area contributed by atoms with Gasteiger partial charge in [-0.3, -0.25) is 9.69 Å². The van der Waals surface area contributed by atoms with E-state index in [0.717, 1.165) is 11.1 Å². The number of amidine groups is 1. The summed E-state index contributed by atoms with van der Waals surface area (Å²) in [6.45, 7) is 4.87.